The third-order valence-corrected chi connectivity index (χ3v) is 10.2. The fourth-order valence-corrected chi connectivity index (χ4v) is 7.57. The summed E-state index contributed by atoms with van der Waals surface area (Å²) in [6.07, 6.45) is 0. The number of para-hydroxylation sites is 1. The summed E-state index contributed by atoms with van der Waals surface area (Å²) in [5, 5.41) is 21.4. The van der Waals surface area contributed by atoms with Crippen LogP contribution in [0.15, 0.2) is 123 Å². The number of hydrogen-bond donors (Lipinski definition) is 1. The number of fused-ring (bicyclic) bond motifs is 1. The summed E-state index contributed by atoms with van der Waals surface area (Å²) >= 11 is 8.93. The molecule has 1 unspecified atom stereocenters. The lowest BCUT2D eigenvalue weighted by molar-refractivity contribution is -0.117. The Morgan fingerprint density at radius 3 is 2.60 bits per heavy atom. The molecule has 0 saturated heterocycles. The Kier molecular flexibility index (Phi) is 8.90. The van der Waals surface area contributed by atoms with E-state index in [2.05, 4.69) is 10.2 Å². The standard InChI is InChI=1S/C36H26ClN3O6S2/c1-44-27-16-8-13-23-18-28(46-33(23)27)31(41)29-30(22-12-7-14-25(17-22)45-19-21-9-3-2-4-10-21)40(34(43)32(29)42)35-38-39-36(48-35)47-20-24-11-5-6-15-26(24)37/h2-18,30,42H,19-20H2,1H3. The molecule has 6 aromatic rings. The van der Waals surface area contributed by atoms with Crippen LogP contribution in [0.1, 0.15) is 33.3 Å². The number of halogens is 1. The van der Waals surface area contributed by atoms with Crippen LogP contribution < -0.4 is 14.4 Å². The van der Waals surface area contributed by atoms with Gasteiger partial charge in [-0.15, -0.1) is 10.2 Å². The number of aliphatic hydroxyl groups excluding tert-OH is 1. The number of anilines is 1. The number of amides is 1. The molecule has 9 nitrogen and oxygen atoms in total. The van der Waals surface area contributed by atoms with E-state index in [1.54, 1.807) is 48.5 Å². The molecule has 4 aromatic carbocycles. The van der Waals surface area contributed by atoms with E-state index in [1.807, 2.05) is 54.6 Å². The lowest BCUT2D eigenvalue weighted by atomic mass is 9.95. The molecule has 240 valence electrons. The molecular weight excluding hydrogens is 670 g/mol. The molecule has 1 N–H and O–H groups in total. The number of hydrogen-bond acceptors (Lipinski definition) is 10. The van der Waals surface area contributed by atoms with Gasteiger partial charge in [0.25, 0.3) is 5.91 Å². The highest BCUT2D eigenvalue weighted by Crippen LogP contribution is 2.45. The number of aromatic nitrogens is 2. The molecule has 48 heavy (non-hydrogen) atoms. The van der Waals surface area contributed by atoms with Crippen LogP contribution in [0.5, 0.6) is 11.5 Å². The molecule has 0 bridgehead atoms. The molecule has 0 aliphatic carbocycles. The third kappa shape index (κ3) is 6.15. The Balaban J connectivity index is 1.25. The SMILES string of the molecule is COc1cccc2cc(C(=O)C3=C(O)C(=O)N(c4nnc(SCc5ccccc5Cl)s4)C3c3cccc(OCc4ccccc4)c3)oc12. The van der Waals surface area contributed by atoms with Gasteiger partial charge in [-0.3, -0.25) is 14.5 Å². The molecule has 0 spiro atoms. The Hall–Kier alpha value is -5.10. The van der Waals surface area contributed by atoms with Crippen LogP contribution in [0.4, 0.5) is 5.13 Å². The number of nitrogens with zero attached hydrogens (tertiary/aromatic N) is 3. The van der Waals surface area contributed by atoms with Gasteiger partial charge in [0.05, 0.1) is 18.7 Å². The first kappa shape index (κ1) is 31.5. The summed E-state index contributed by atoms with van der Waals surface area (Å²) in [6, 6.07) is 30.1. The minimum atomic E-state index is -1.06. The van der Waals surface area contributed by atoms with E-state index in [0.717, 1.165) is 11.1 Å². The van der Waals surface area contributed by atoms with Gasteiger partial charge in [-0.25, -0.2) is 0 Å². The molecule has 12 heteroatoms. The van der Waals surface area contributed by atoms with Gasteiger partial charge in [0.15, 0.2) is 27.2 Å². The zero-order chi connectivity index (χ0) is 33.2. The second-order valence-electron chi connectivity index (χ2n) is 10.7. The Morgan fingerprint density at radius 1 is 1.00 bits per heavy atom. The highest BCUT2D eigenvalue weighted by Gasteiger charge is 2.47. The second-order valence-corrected chi connectivity index (χ2v) is 13.3. The minimum absolute atomic E-state index is 0.0552. The number of ether oxygens (including phenoxy) is 2. The van der Waals surface area contributed by atoms with E-state index in [4.69, 9.17) is 25.5 Å². The smallest absolute Gasteiger partial charge is 0.296 e. The van der Waals surface area contributed by atoms with Gasteiger partial charge in [0.2, 0.25) is 10.9 Å². The molecule has 2 aromatic heterocycles. The van der Waals surface area contributed by atoms with E-state index < -0.39 is 23.5 Å². The number of furan rings is 1. The topological polar surface area (TPSA) is 115 Å². The fraction of sp³-hybridized carbons (Fsp3) is 0.111. The molecule has 3 heterocycles. The number of aliphatic hydroxyl groups is 1. The van der Waals surface area contributed by atoms with Crippen molar-refractivity contribution in [3.63, 3.8) is 0 Å². The predicted octanol–water partition coefficient (Wildman–Crippen LogP) is 8.60. The van der Waals surface area contributed by atoms with Crippen molar-refractivity contribution in [2.45, 2.75) is 22.7 Å². The fourth-order valence-electron chi connectivity index (χ4n) is 5.42. The summed E-state index contributed by atoms with van der Waals surface area (Å²) in [6.45, 7) is 0.313. The van der Waals surface area contributed by atoms with Crippen LogP contribution >= 0.6 is 34.7 Å². The van der Waals surface area contributed by atoms with Crippen LogP contribution in [-0.4, -0.2) is 34.1 Å². The Morgan fingerprint density at radius 2 is 1.79 bits per heavy atom. The van der Waals surface area contributed by atoms with Crippen molar-refractivity contribution in [2.75, 3.05) is 12.0 Å². The van der Waals surface area contributed by atoms with Crippen LogP contribution in [0.2, 0.25) is 5.02 Å². The molecule has 1 atom stereocenters. The largest absolute Gasteiger partial charge is 0.503 e. The summed E-state index contributed by atoms with van der Waals surface area (Å²) in [4.78, 5) is 29.3. The van der Waals surface area contributed by atoms with Gasteiger partial charge in [0, 0.05) is 16.2 Å². The number of Topliss-reactive ketones (excluding diaryl/α,β-unsaturated/α-hetero) is 1. The van der Waals surface area contributed by atoms with Crippen LogP contribution in [-0.2, 0) is 17.2 Å². The van der Waals surface area contributed by atoms with Crippen LogP contribution in [0.3, 0.4) is 0 Å². The molecular formula is C36H26ClN3O6S2. The van der Waals surface area contributed by atoms with Crippen molar-refractivity contribution in [3.8, 4) is 11.5 Å². The lowest BCUT2D eigenvalue weighted by Gasteiger charge is -2.24. The first-order valence-corrected chi connectivity index (χ1v) is 16.9. The van der Waals surface area contributed by atoms with Gasteiger partial charge in [0.1, 0.15) is 12.4 Å². The maximum atomic E-state index is 14.2. The van der Waals surface area contributed by atoms with Crippen molar-refractivity contribution in [1.82, 2.24) is 10.2 Å². The van der Waals surface area contributed by atoms with E-state index in [-0.39, 0.29) is 16.5 Å². The van der Waals surface area contributed by atoms with Crippen molar-refractivity contribution in [3.05, 3.63) is 142 Å². The molecule has 1 aliphatic rings. The maximum Gasteiger partial charge on any atom is 0.296 e. The number of carbonyl (C=O) groups is 2. The average molecular weight is 696 g/mol. The molecule has 0 saturated carbocycles. The number of methoxy groups -OCH3 is 1. The van der Waals surface area contributed by atoms with Gasteiger partial charge < -0.3 is 19.0 Å². The normalized spacial score (nSPS) is 14.6. The van der Waals surface area contributed by atoms with Gasteiger partial charge in [-0.1, -0.05) is 107 Å². The first-order valence-electron chi connectivity index (χ1n) is 14.8. The van der Waals surface area contributed by atoms with Crippen LogP contribution in [0.25, 0.3) is 11.0 Å². The first-order chi connectivity index (χ1) is 23.4. The number of thioether (sulfide) groups is 1. The van der Waals surface area contributed by atoms with Crippen molar-refractivity contribution in [1.29, 1.82) is 0 Å². The predicted molar refractivity (Wildman–Crippen MR) is 185 cm³/mol. The van der Waals surface area contributed by atoms with Crippen LogP contribution in [0, 0.1) is 0 Å². The Bertz CT molecular complexity index is 2180. The molecule has 0 radical (unpaired) electrons. The second kappa shape index (κ2) is 13.6. The highest BCUT2D eigenvalue weighted by atomic mass is 35.5. The monoisotopic (exact) mass is 695 g/mol. The van der Waals surface area contributed by atoms with Gasteiger partial charge >= 0.3 is 0 Å². The van der Waals surface area contributed by atoms with Gasteiger partial charge in [-0.05, 0) is 47.0 Å². The van der Waals surface area contributed by atoms with Crippen molar-refractivity contribution in [2.24, 2.45) is 0 Å². The summed E-state index contributed by atoms with van der Waals surface area (Å²) in [7, 11) is 1.51. The number of carbonyl (C=O) groups excluding carboxylic acids is 2. The van der Waals surface area contributed by atoms with E-state index in [9.17, 15) is 14.7 Å². The number of ketones is 1. The zero-order valence-electron chi connectivity index (χ0n) is 25.3. The maximum absolute atomic E-state index is 14.2. The summed E-state index contributed by atoms with van der Waals surface area (Å²) in [5.41, 5.74) is 2.65. The zero-order valence-corrected chi connectivity index (χ0v) is 27.7. The van der Waals surface area contributed by atoms with Gasteiger partial charge in [-0.2, -0.15) is 0 Å². The summed E-state index contributed by atoms with van der Waals surface area (Å²) in [5.74, 6) is -0.691. The molecule has 7 rings (SSSR count). The molecule has 1 amide bonds. The lowest BCUT2D eigenvalue weighted by Crippen LogP contribution is -2.31. The van der Waals surface area contributed by atoms with Crippen molar-refractivity contribution >= 4 is 62.5 Å². The third-order valence-electron chi connectivity index (χ3n) is 7.74. The van der Waals surface area contributed by atoms with Crippen molar-refractivity contribution < 1.29 is 28.6 Å². The average Bonchev–Trinajstić information content (AvgIpc) is 3.83. The minimum Gasteiger partial charge on any atom is -0.503 e. The van der Waals surface area contributed by atoms with E-state index in [0.29, 0.717) is 49.8 Å². The number of benzene rings is 4. The number of rotatable bonds is 11. The van der Waals surface area contributed by atoms with E-state index in [1.165, 1.54) is 35.1 Å². The molecule has 0 fully saturated rings. The highest BCUT2D eigenvalue weighted by molar-refractivity contribution is 8.00. The Labute approximate surface area is 288 Å². The molecule has 1 aliphatic heterocycles. The quantitative estimate of drug-likeness (QED) is 0.0808. The van der Waals surface area contributed by atoms with E-state index >= 15 is 0 Å². The summed E-state index contributed by atoms with van der Waals surface area (Å²) < 4.78 is 18.0.